The molecule has 2 heterocycles. The van der Waals surface area contributed by atoms with E-state index in [9.17, 15) is 12.9 Å². The maximum absolute atomic E-state index is 12.5. The summed E-state index contributed by atoms with van der Waals surface area (Å²) < 4.78 is 42.7. The van der Waals surface area contributed by atoms with Gasteiger partial charge in [-0.05, 0) is 19.5 Å². The van der Waals surface area contributed by atoms with E-state index in [1.54, 1.807) is 0 Å². The molecule has 2 rings (SSSR count). The van der Waals surface area contributed by atoms with Gasteiger partial charge in [0.1, 0.15) is 0 Å². The molecule has 104 valence electrons. The smallest absolute Gasteiger partial charge is 0.445 e. The molecule has 0 radical (unpaired) electrons. The van der Waals surface area contributed by atoms with Crippen molar-refractivity contribution >= 4 is 6.98 Å². The summed E-state index contributed by atoms with van der Waals surface area (Å²) in [6.45, 7) is 2.91. The summed E-state index contributed by atoms with van der Waals surface area (Å²) >= 11 is 0. The fourth-order valence-corrected chi connectivity index (χ4v) is 2.59. The van der Waals surface area contributed by atoms with Gasteiger partial charge in [-0.25, -0.2) is 0 Å². The van der Waals surface area contributed by atoms with Crippen molar-refractivity contribution in [3.05, 3.63) is 12.1 Å². The van der Waals surface area contributed by atoms with Crippen molar-refractivity contribution in [3.63, 3.8) is 0 Å². The molecule has 1 atom stereocenters. The summed E-state index contributed by atoms with van der Waals surface area (Å²) in [5.41, 5.74) is -0.586. The minimum absolute atomic E-state index is 0. The molecule has 0 aromatic heterocycles. The van der Waals surface area contributed by atoms with E-state index < -0.39 is 12.4 Å². The molecule has 2 fully saturated rings. The maximum Gasteiger partial charge on any atom is 1.00 e. The number of morpholine rings is 1. The van der Waals surface area contributed by atoms with E-state index in [1.807, 2.05) is 4.90 Å². The van der Waals surface area contributed by atoms with Gasteiger partial charge in [-0.1, -0.05) is 0 Å². The Morgan fingerprint density at radius 3 is 2.42 bits per heavy atom. The molecule has 3 nitrogen and oxygen atoms in total. The Morgan fingerprint density at radius 1 is 1.21 bits per heavy atom. The first kappa shape index (κ1) is 18.2. The molecule has 0 amide bonds. The molecule has 8 heteroatoms. The quantitative estimate of drug-likeness (QED) is 0.578. The van der Waals surface area contributed by atoms with Crippen LogP contribution in [-0.2, 0) is 4.74 Å². The zero-order valence-corrected chi connectivity index (χ0v) is 14.6. The number of hydrogen-bond acceptors (Lipinski definition) is 3. The molecule has 1 unspecified atom stereocenters. The van der Waals surface area contributed by atoms with Gasteiger partial charge < -0.3 is 22.6 Å². The van der Waals surface area contributed by atoms with Crippen LogP contribution in [0.5, 0.6) is 0 Å². The van der Waals surface area contributed by atoms with Crippen molar-refractivity contribution in [1.82, 2.24) is 9.80 Å². The number of ether oxygens (including phenoxy) is 1. The summed E-state index contributed by atoms with van der Waals surface area (Å²) in [5.74, 6) is 0. The van der Waals surface area contributed by atoms with E-state index in [-0.39, 0.29) is 57.9 Å². The molecular weight excluding hydrogens is 283 g/mol. The first-order valence-corrected chi connectivity index (χ1v) is 6.38. The van der Waals surface area contributed by atoms with Crippen LogP contribution in [0.2, 0.25) is 0 Å². The second kappa shape index (κ2) is 7.93. The molecule has 0 saturated carbocycles. The molecule has 19 heavy (non-hydrogen) atoms. The van der Waals surface area contributed by atoms with Crippen LogP contribution in [0.4, 0.5) is 12.9 Å². The number of halogens is 3. The number of likely N-dealkylation sites (tertiary alicyclic amines) is 1. The van der Waals surface area contributed by atoms with Gasteiger partial charge in [0.25, 0.3) is 0 Å². The van der Waals surface area contributed by atoms with Crippen LogP contribution >= 0.6 is 0 Å². The maximum atomic E-state index is 12.5. The second-order valence-corrected chi connectivity index (χ2v) is 5.06. The zero-order chi connectivity index (χ0) is 13.2. The van der Waals surface area contributed by atoms with Gasteiger partial charge in [0.2, 0.25) is 0 Å². The molecule has 0 aromatic rings. The topological polar surface area (TPSA) is 15.7 Å². The van der Waals surface area contributed by atoms with Gasteiger partial charge in [0.05, 0.1) is 13.2 Å². The standard InChI is InChI=1S/C11H19BF3N2O.K/c1-10(12(13,14)15)8-16-3-2-11(9-16)17-4-6-18-7-5-17;/h11H,1-9H2;/q-1;+1. The van der Waals surface area contributed by atoms with Gasteiger partial charge in [0, 0.05) is 25.7 Å². The first-order chi connectivity index (χ1) is 8.47. The fourth-order valence-electron chi connectivity index (χ4n) is 2.59. The van der Waals surface area contributed by atoms with Crippen molar-refractivity contribution in [1.29, 1.82) is 0 Å². The van der Waals surface area contributed by atoms with E-state index in [2.05, 4.69) is 11.5 Å². The average Bonchev–Trinajstić information content (AvgIpc) is 2.77. The van der Waals surface area contributed by atoms with Gasteiger partial charge >= 0.3 is 58.4 Å². The number of rotatable bonds is 4. The van der Waals surface area contributed by atoms with Gasteiger partial charge in [-0.15, -0.1) is 12.1 Å². The summed E-state index contributed by atoms with van der Waals surface area (Å²) in [5, 5.41) is 0. The van der Waals surface area contributed by atoms with E-state index in [0.717, 1.165) is 39.3 Å². The minimum atomic E-state index is -4.89. The molecule has 2 aliphatic heterocycles. The third-order valence-corrected chi connectivity index (χ3v) is 3.70. The average molecular weight is 302 g/mol. The zero-order valence-electron chi connectivity index (χ0n) is 11.5. The third kappa shape index (κ3) is 5.43. The number of hydrogen-bond donors (Lipinski definition) is 0. The van der Waals surface area contributed by atoms with Crippen molar-refractivity contribution in [2.45, 2.75) is 12.5 Å². The van der Waals surface area contributed by atoms with Crippen molar-refractivity contribution < 1.29 is 69.1 Å². The van der Waals surface area contributed by atoms with Crippen molar-refractivity contribution in [2.24, 2.45) is 0 Å². The van der Waals surface area contributed by atoms with Crippen LogP contribution in [0.25, 0.3) is 0 Å². The minimum Gasteiger partial charge on any atom is -0.445 e. The molecule has 0 N–H and O–H groups in total. The summed E-state index contributed by atoms with van der Waals surface area (Å²) in [7, 11) is 0. The normalized spacial score (nSPS) is 26.2. The van der Waals surface area contributed by atoms with E-state index >= 15 is 0 Å². The largest absolute Gasteiger partial charge is 1.00 e. The van der Waals surface area contributed by atoms with Crippen LogP contribution in [0.1, 0.15) is 6.42 Å². The summed E-state index contributed by atoms with van der Waals surface area (Å²) in [6.07, 6.45) is 0.943. The van der Waals surface area contributed by atoms with E-state index in [0.29, 0.717) is 12.6 Å². The van der Waals surface area contributed by atoms with Crippen LogP contribution in [-0.4, -0.2) is 68.8 Å². The summed E-state index contributed by atoms with van der Waals surface area (Å²) in [4.78, 5) is 4.18. The Bertz CT molecular complexity index is 311. The van der Waals surface area contributed by atoms with E-state index in [1.165, 1.54) is 0 Å². The van der Waals surface area contributed by atoms with Crippen LogP contribution in [0.15, 0.2) is 12.1 Å². The SMILES string of the molecule is C=C(CN1CCC(N2CCOCC2)C1)[B-](F)(F)F.[K+]. The third-order valence-electron chi connectivity index (χ3n) is 3.70. The van der Waals surface area contributed by atoms with Crippen molar-refractivity contribution in [2.75, 3.05) is 45.9 Å². The molecule has 2 aliphatic rings. The first-order valence-electron chi connectivity index (χ1n) is 6.38. The molecule has 0 bridgehead atoms. The molecule has 0 aromatic carbocycles. The van der Waals surface area contributed by atoms with Gasteiger partial charge in [0.15, 0.2) is 0 Å². The van der Waals surface area contributed by atoms with E-state index in [4.69, 9.17) is 4.74 Å². The van der Waals surface area contributed by atoms with Crippen LogP contribution < -0.4 is 51.4 Å². The molecule has 0 spiro atoms. The van der Waals surface area contributed by atoms with Gasteiger partial charge in [-0.3, -0.25) is 4.90 Å². The monoisotopic (exact) mass is 302 g/mol. The number of nitrogens with zero attached hydrogens (tertiary/aromatic N) is 2. The fraction of sp³-hybridized carbons (Fsp3) is 0.818. The van der Waals surface area contributed by atoms with Crippen LogP contribution in [0, 0.1) is 0 Å². The molecule has 0 aliphatic carbocycles. The predicted octanol–water partition coefficient (Wildman–Crippen LogP) is -1.66. The predicted molar refractivity (Wildman–Crippen MR) is 65.5 cm³/mol. The Kier molecular flexibility index (Phi) is 7.58. The summed E-state index contributed by atoms with van der Waals surface area (Å²) in [6, 6.07) is 0.377. The Labute approximate surface area is 155 Å². The Balaban J connectivity index is 0.00000180. The van der Waals surface area contributed by atoms with Crippen molar-refractivity contribution in [3.8, 4) is 0 Å². The second-order valence-electron chi connectivity index (χ2n) is 5.06. The Hall–Kier alpha value is 1.11. The van der Waals surface area contributed by atoms with Crippen LogP contribution in [0.3, 0.4) is 0 Å². The van der Waals surface area contributed by atoms with Gasteiger partial charge in [-0.2, -0.15) is 0 Å². The molecular formula is C11H19BF3KN2O. The molecule has 2 saturated heterocycles. The Morgan fingerprint density at radius 2 is 1.84 bits per heavy atom.